The number of hydrogen-bond acceptors (Lipinski definition) is 2. The first kappa shape index (κ1) is 10.6. The maximum Gasteiger partial charge on any atom is 0.0432 e. The molecule has 2 atom stereocenters. The highest BCUT2D eigenvalue weighted by atomic mass is 14.9. The first-order chi connectivity index (χ1) is 8.36. The van der Waals surface area contributed by atoms with Crippen molar-refractivity contribution >= 4 is 5.57 Å². The van der Waals surface area contributed by atoms with E-state index in [1.54, 1.807) is 6.20 Å². The Morgan fingerprint density at radius 1 is 1.35 bits per heavy atom. The molecule has 2 aliphatic rings. The van der Waals surface area contributed by atoms with Crippen LogP contribution in [0.15, 0.2) is 24.5 Å². The Kier molecular flexibility index (Phi) is 2.70. The summed E-state index contributed by atoms with van der Waals surface area (Å²) in [6.45, 7) is 2.30. The van der Waals surface area contributed by atoms with Crippen molar-refractivity contribution in [3.63, 3.8) is 0 Å². The molecular weight excluding hydrogens is 208 g/mol. The average Bonchev–Trinajstić information content (AvgIpc) is 2.86. The summed E-state index contributed by atoms with van der Waals surface area (Å²) < 4.78 is 0. The van der Waals surface area contributed by atoms with E-state index in [2.05, 4.69) is 28.4 Å². The standard InChI is InChI=1S/C15H16N2/c1-2-11-5-14(9-16-7-11)12-3-4-13-8-17-10-15(13)6-12/h1,5-7,9,13,15,17H,3-4,8,10H2/t13-,15+/m0/s1. The van der Waals surface area contributed by atoms with Crippen molar-refractivity contribution in [1.82, 2.24) is 10.3 Å². The highest BCUT2D eigenvalue weighted by Gasteiger charge is 2.29. The average molecular weight is 224 g/mol. The lowest BCUT2D eigenvalue weighted by Crippen LogP contribution is -2.15. The van der Waals surface area contributed by atoms with Crippen molar-refractivity contribution in [1.29, 1.82) is 0 Å². The number of nitrogens with zero attached hydrogens (tertiary/aromatic N) is 1. The van der Waals surface area contributed by atoms with E-state index in [1.807, 2.05) is 6.20 Å². The molecule has 1 aliphatic heterocycles. The molecule has 0 unspecified atom stereocenters. The number of aromatic nitrogens is 1. The second-order valence-electron chi connectivity index (χ2n) is 4.92. The van der Waals surface area contributed by atoms with Crippen LogP contribution in [0.4, 0.5) is 0 Å². The van der Waals surface area contributed by atoms with Crippen molar-refractivity contribution in [3.05, 3.63) is 35.7 Å². The van der Waals surface area contributed by atoms with Gasteiger partial charge in [-0.2, -0.15) is 0 Å². The number of nitrogens with one attached hydrogen (secondary N) is 1. The normalized spacial score (nSPS) is 27.1. The van der Waals surface area contributed by atoms with E-state index in [9.17, 15) is 0 Å². The SMILES string of the molecule is C#Cc1cncc(C2=C[C@@H]3CNC[C@@H]3CC2)c1. The van der Waals surface area contributed by atoms with Crippen LogP contribution >= 0.6 is 0 Å². The van der Waals surface area contributed by atoms with Gasteiger partial charge >= 0.3 is 0 Å². The van der Waals surface area contributed by atoms with Gasteiger partial charge in [0.05, 0.1) is 0 Å². The lowest BCUT2D eigenvalue weighted by atomic mass is 9.81. The first-order valence-electron chi connectivity index (χ1n) is 6.20. The fourth-order valence-corrected chi connectivity index (χ4v) is 2.88. The van der Waals surface area contributed by atoms with E-state index in [0.29, 0.717) is 5.92 Å². The Bertz CT molecular complexity index is 496. The largest absolute Gasteiger partial charge is 0.316 e. The van der Waals surface area contributed by atoms with Crippen LogP contribution in [0.3, 0.4) is 0 Å². The second kappa shape index (κ2) is 4.35. The van der Waals surface area contributed by atoms with Gasteiger partial charge in [-0.25, -0.2) is 0 Å². The number of fused-ring (bicyclic) bond motifs is 1. The Hall–Kier alpha value is -1.59. The van der Waals surface area contributed by atoms with Gasteiger partial charge in [0.15, 0.2) is 0 Å². The fraction of sp³-hybridized carbons (Fsp3) is 0.400. The van der Waals surface area contributed by atoms with Gasteiger partial charge in [-0.3, -0.25) is 4.98 Å². The fourth-order valence-electron chi connectivity index (χ4n) is 2.88. The molecule has 86 valence electrons. The molecule has 1 fully saturated rings. The van der Waals surface area contributed by atoms with Crippen LogP contribution in [0.25, 0.3) is 5.57 Å². The summed E-state index contributed by atoms with van der Waals surface area (Å²) in [4.78, 5) is 4.22. The molecule has 1 aromatic rings. The molecule has 0 amide bonds. The van der Waals surface area contributed by atoms with E-state index >= 15 is 0 Å². The summed E-state index contributed by atoms with van der Waals surface area (Å²) in [6, 6.07) is 2.07. The Morgan fingerprint density at radius 3 is 3.18 bits per heavy atom. The molecule has 2 nitrogen and oxygen atoms in total. The zero-order chi connectivity index (χ0) is 11.7. The minimum Gasteiger partial charge on any atom is -0.316 e. The van der Waals surface area contributed by atoms with E-state index in [0.717, 1.165) is 24.4 Å². The molecule has 1 aliphatic carbocycles. The van der Waals surface area contributed by atoms with Crippen molar-refractivity contribution in [2.75, 3.05) is 13.1 Å². The molecular formula is C15H16N2. The zero-order valence-corrected chi connectivity index (χ0v) is 9.82. The topological polar surface area (TPSA) is 24.9 Å². The quantitative estimate of drug-likeness (QED) is 0.739. The van der Waals surface area contributed by atoms with E-state index in [1.165, 1.54) is 24.1 Å². The number of rotatable bonds is 1. The first-order valence-corrected chi connectivity index (χ1v) is 6.20. The van der Waals surface area contributed by atoms with Crippen molar-refractivity contribution in [3.8, 4) is 12.3 Å². The van der Waals surface area contributed by atoms with Crippen molar-refractivity contribution < 1.29 is 0 Å². The van der Waals surface area contributed by atoms with Gasteiger partial charge in [-0.05, 0) is 48.4 Å². The second-order valence-corrected chi connectivity index (χ2v) is 4.92. The van der Waals surface area contributed by atoms with Gasteiger partial charge in [-0.15, -0.1) is 6.42 Å². The van der Waals surface area contributed by atoms with Crippen LogP contribution in [-0.4, -0.2) is 18.1 Å². The third-order valence-electron chi connectivity index (χ3n) is 3.87. The molecule has 0 saturated carbocycles. The maximum absolute atomic E-state index is 5.41. The maximum atomic E-state index is 5.41. The van der Waals surface area contributed by atoms with E-state index in [-0.39, 0.29) is 0 Å². The molecule has 0 spiro atoms. The van der Waals surface area contributed by atoms with Crippen LogP contribution in [0, 0.1) is 24.2 Å². The predicted molar refractivity (Wildman–Crippen MR) is 69.2 cm³/mol. The third kappa shape index (κ3) is 1.99. The van der Waals surface area contributed by atoms with Gasteiger partial charge in [0.1, 0.15) is 0 Å². The highest BCUT2D eigenvalue weighted by molar-refractivity contribution is 5.67. The molecule has 1 saturated heterocycles. The van der Waals surface area contributed by atoms with Gasteiger partial charge in [-0.1, -0.05) is 12.0 Å². The van der Waals surface area contributed by atoms with E-state index in [4.69, 9.17) is 6.42 Å². The van der Waals surface area contributed by atoms with Gasteiger partial charge in [0, 0.05) is 24.5 Å². The molecule has 3 rings (SSSR count). The summed E-state index contributed by atoms with van der Waals surface area (Å²) in [6.07, 6.45) is 13.9. The van der Waals surface area contributed by atoms with Crippen LogP contribution < -0.4 is 5.32 Å². The van der Waals surface area contributed by atoms with Gasteiger partial charge in [0.2, 0.25) is 0 Å². The number of pyridine rings is 1. The summed E-state index contributed by atoms with van der Waals surface area (Å²) in [5, 5.41) is 3.47. The Labute approximate surface area is 102 Å². The lowest BCUT2D eigenvalue weighted by molar-refractivity contribution is 0.448. The molecule has 17 heavy (non-hydrogen) atoms. The van der Waals surface area contributed by atoms with Crippen molar-refractivity contribution in [2.24, 2.45) is 11.8 Å². The Morgan fingerprint density at radius 2 is 2.29 bits per heavy atom. The summed E-state index contributed by atoms with van der Waals surface area (Å²) in [5.74, 6) is 4.19. The smallest absolute Gasteiger partial charge is 0.0432 e. The third-order valence-corrected chi connectivity index (χ3v) is 3.87. The summed E-state index contributed by atoms with van der Waals surface area (Å²) in [7, 11) is 0. The summed E-state index contributed by atoms with van der Waals surface area (Å²) in [5.41, 5.74) is 3.49. The molecule has 2 heterocycles. The van der Waals surface area contributed by atoms with Crippen LogP contribution in [-0.2, 0) is 0 Å². The number of terminal acetylenes is 1. The van der Waals surface area contributed by atoms with Crippen molar-refractivity contribution in [2.45, 2.75) is 12.8 Å². The number of hydrogen-bond donors (Lipinski definition) is 1. The minimum atomic E-state index is 0.702. The predicted octanol–water partition coefficient (Wildman–Crippen LogP) is 2.08. The number of allylic oxidation sites excluding steroid dienone is 1. The summed E-state index contributed by atoms with van der Waals surface area (Å²) >= 11 is 0. The molecule has 0 radical (unpaired) electrons. The zero-order valence-electron chi connectivity index (χ0n) is 9.82. The molecule has 2 heteroatoms. The van der Waals surface area contributed by atoms with Gasteiger partial charge < -0.3 is 5.32 Å². The monoisotopic (exact) mass is 224 g/mol. The molecule has 0 aromatic carbocycles. The highest BCUT2D eigenvalue weighted by Crippen LogP contribution is 2.35. The van der Waals surface area contributed by atoms with Crippen LogP contribution in [0.1, 0.15) is 24.0 Å². The van der Waals surface area contributed by atoms with Crippen LogP contribution in [0.2, 0.25) is 0 Å². The van der Waals surface area contributed by atoms with Gasteiger partial charge in [0.25, 0.3) is 0 Å². The Balaban J connectivity index is 1.91. The van der Waals surface area contributed by atoms with E-state index < -0.39 is 0 Å². The van der Waals surface area contributed by atoms with Crippen LogP contribution in [0.5, 0.6) is 0 Å². The molecule has 0 bridgehead atoms. The lowest BCUT2D eigenvalue weighted by Gasteiger charge is -2.23. The molecule has 1 N–H and O–H groups in total. The molecule has 1 aromatic heterocycles. The minimum absolute atomic E-state index is 0.702.